The molecule has 5 heteroatoms. The molecule has 0 spiro atoms. The van der Waals surface area contributed by atoms with Crippen LogP contribution >= 0.6 is 11.6 Å². The van der Waals surface area contributed by atoms with Crippen molar-refractivity contribution in [2.24, 2.45) is 0 Å². The van der Waals surface area contributed by atoms with Crippen LogP contribution in [-0.4, -0.2) is 17.1 Å². The lowest BCUT2D eigenvalue weighted by Gasteiger charge is -2.14. The number of halogens is 1. The van der Waals surface area contributed by atoms with Gasteiger partial charge in [-0.15, -0.1) is 11.6 Å². The first-order valence-corrected chi connectivity index (χ1v) is 6.13. The average Bonchev–Trinajstić information content (AvgIpc) is 2.31. The van der Waals surface area contributed by atoms with Crippen molar-refractivity contribution >= 4 is 22.6 Å². The third kappa shape index (κ3) is 2.76. The van der Waals surface area contributed by atoms with E-state index >= 15 is 0 Å². The lowest BCUT2D eigenvalue weighted by Crippen LogP contribution is -2.12. The van der Waals surface area contributed by atoms with Gasteiger partial charge in [-0.1, -0.05) is 0 Å². The molecule has 2 rings (SSSR count). The Hall–Kier alpha value is -1.68. The number of alkyl halides is 1. The monoisotopic (exact) mass is 268 g/mol. The SMILES string of the molecule is CC(CCCl)Oc1cc2oc(=O)ccc2cc1O. The van der Waals surface area contributed by atoms with Crippen molar-refractivity contribution in [2.75, 3.05) is 5.88 Å². The van der Waals surface area contributed by atoms with Crippen molar-refractivity contribution in [3.8, 4) is 11.5 Å². The van der Waals surface area contributed by atoms with Crippen LogP contribution in [-0.2, 0) is 0 Å². The summed E-state index contributed by atoms with van der Waals surface area (Å²) in [7, 11) is 0. The molecule has 1 heterocycles. The number of hydrogen-bond donors (Lipinski definition) is 1. The topological polar surface area (TPSA) is 59.7 Å². The van der Waals surface area contributed by atoms with Crippen LogP contribution in [0.3, 0.4) is 0 Å². The van der Waals surface area contributed by atoms with Crippen molar-refractivity contribution < 1.29 is 14.3 Å². The molecule has 1 atom stereocenters. The number of phenolic OH excluding ortho intramolecular Hbond substituents is 1. The minimum atomic E-state index is -0.437. The standard InChI is InChI=1S/C13H13ClO4/c1-8(4-5-14)17-12-7-11-9(6-10(12)15)2-3-13(16)18-11/h2-3,6-8,15H,4-5H2,1H3. The molecule has 0 radical (unpaired) electrons. The third-order valence-electron chi connectivity index (χ3n) is 2.54. The molecular weight excluding hydrogens is 256 g/mol. The Labute approximate surface area is 109 Å². The van der Waals surface area contributed by atoms with Crippen molar-refractivity contribution in [1.29, 1.82) is 0 Å². The highest BCUT2D eigenvalue weighted by Crippen LogP contribution is 2.31. The van der Waals surface area contributed by atoms with E-state index in [1.165, 1.54) is 18.2 Å². The van der Waals surface area contributed by atoms with Gasteiger partial charge < -0.3 is 14.3 Å². The zero-order valence-electron chi connectivity index (χ0n) is 9.85. The number of phenols is 1. The molecule has 1 aromatic heterocycles. The summed E-state index contributed by atoms with van der Waals surface area (Å²) in [4.78, 5) is 11.1. The molecule has 4 nitrogen and oxygen atoms in total. The second-order valence-corrected chi connectivity index (χ2v) is 4.40. The van der Waals surface area contributed by atoms with Gasteiger partial charge >= 0.3 is 5.63 Å². The minimum absolute atomic E-state index is 0.0118. The van der Waals surface area contributed by atoms with Crippen molar-refractivity contribution in [1.82, 2.24) is 0 Å². The van der Waals surface area contributed by atoms with Gasteiger partial charge in [0.1, 0.15) is 5.58 Å². The highest BCUT2D eigenvalue weighted by molar-refractivity contribution is 6.17. The summed E-state index contributed by atoms with van der Waals surface area (Å²) < 4.78 is 10.6. The fraction of sp³-hybridized carbons (Fsp3) is 0.308. The number of benzene rings is 1. The molecule has 96 valence electrons. The van der Waals surface area contributed by atoms with Gasteiger partial charge in [0.2, 0.25) is 0 Å². The fourth-order valence-electron chi connectivity index (χ4n) is 1.61. The quantitative estimate of drug-likeness (QED) is 0.684. The van der Waals surface area contributed by atoms with Crippen LogP contribution in [0.15, 0.2) is 33.5 Å². The predicted molar refractivity (Wildman–Crippen MR) is 69.6 cm³/mol. The van der Waals surface area contributed by atoms with E-state index in [-0.39, 0.29) is 17.6 Å². The Kier molecular flexibility index (Phi) is 3.77. The molecule has 18 heavy (non-hydrogen) atoms. The van der Waals surface area contributed by atoms with Crippen molar-refractivity contribution in [2.45, 2.75) is 19.4 Å². The zero-order chi connectivity index (χ0) is 13.1. The van der Waals surface area contributed by atoms with Crippen molar-refractivity contribution in [3.63, 3.8) is 0 Å². The largest absolute Gasteiger partial charge is 0.504 e. The summed E-state index contributed by atoms with van der Waals surface area (Å²) in [5.74, 6) is 0.775. The number of aromatic hydroxyl groups is 1. The van der Waals surface area contributed by atoms with Gasteiger partial charge in [-0.05, 0) is 25.5 Å². The molecule has 2 aromatic rings. The highest BCUT2D eigenvalue weighted by Gasteiger charge is 2.10. The van der Waals surface area contributed by atoms with E-state index in [1.54, 1.807) is 6.07 Å². The van der Waals surface area contributed by atoms with Crippen LogP contribution in [0.4, 0.5) is 0 Å². The molecule has 1 N–H and O–H groups in total. The van der Waals surface area contributed by atoms with E-state index in [4.69, 9.17) is 20.8 Å². The van der Waals surface area contributed by atoms with Gasteiger partial charge in [0.05, 0.1) is 6.10 Å². The lowest BCUT2D eigenvalue weighted by molar-refractivity contribution is 0.210. The summed E-state index contributed by atoms with van der Waals surface area (Å²) in [6, 6.07) is 5.91. The van der Waals surface area contributed by atoms with Gasteiger partial charge in [-0.25, -0.2) is 4.79 Å². The van der Waals surface area contributed by atoms with Crippen LogP contribution < -0.4 is 10.4 Å². The summed E-state index contributed by atoms with van der Waals surface area (Å²) in [5, 5.41) is 10.5. The molecule has 0 saturated heterocycles. The van der Waals surface area contributed by atoms with Gasteiger partial charge in [0.25, 0.3) is 0 Å². The van der Waals surface area contributed by atoms with E-state index in [0.717, 1.165) is 0 Å². The summed E-state index contributed by atoms with van der Waals surface area (Å²) in [6.07, 6.45) is 0.541. The molecule has 0 aliphatic heterocycles. The molecule has 0 bridgehead atoms. The predicted octanol–water partition coefficient (Wildman–Crippen LogP) is 2.89. The Morgan fingerprint density at radius 1 is 1.44 bits per heavy atom. The third-order valence-corrected chi connectivity index (χ3v) is 2.76. The number of rotatable bonds is 4. The maximum Gasteiger partial charge on any atom is 0.336 e. The smallest absolute Gasteiger partial charge is 0.336 e. The molecule has 0 aliphatic rings. The lowest BCUT2D eigenvalue weighted by atomic mass is 10.2. The van der Waals surface area contributed by atoms with E-state index in [0.29, 0.717) is 23.3 Å². The second kappa shape index (κ2) is 5.31. The molecule has 0 aliphatic carbocycles. The highest BCUT2D eigenvalue weighted by atomic mass is 35.5. The van der Waals surface area contributed by atoms with Crippen molar-refractivity contribution in [3.05, 3.63) is 34.7 Å². The molecule has 0 saturated carbocycles. The maximum absolute atomic E-state index is 11.1. The number of hydrogen-bond acceptors (Lipinski definition) is 4. The van der Waals surface area contributed by atoms with Crippen LogP contribution in [0.1, 0.15) is 13.3 Å². The normalized spacial score (nSPS) is 12.6. The Morgan fingerprint density at radius 3 is 2.94 bits per heavy atom. The first kappa shape index (κ1) is 12.8. The first-order valence-electron chi connectivity index (χ1n) is 5.59. The number of fused-ring (bicyclic) bond motifs is 1. The summed E-state index contributed by atoms with van der Waals surface area (Å²) >= 11 is 5.62. The molecule has 0 fully saturated rings. The number of ether oxygens (including phenoxy) is 1. The summed E-state index contributed by atoms with van der Waals surface area (Å²) in [6.45, 7) is 1.85. The van der Waals surface area contributed by atoms with E-state index in [1.807, 2.05) is 6.92 Å². The van der Waals surface area contributed by atoms with E-state index in [2.05, 4.69) is 0 Å². The molecule has 1 aromatic carbocycles. The van der Waals surface area contributed by atoms with Crippen LogP contribution in [0.5, 0.6) is 11.5 Å². The first-order chi connectivity index (χ1) is 8.60. The van der Waals surface area contributed by atoms with Gasteiger partial charge in [-0.3, -0.25) is 0 Å². The minimum Gasteiger partial charge on any atom is -0.504 e. The van der Waals surface area contributed by atoms with Crippen LogP contribution in [0.25, 0.3) is 11.0 Å². The molecular formula is C13H13ClO4. The van der Waals surface area contributed by atoms with Gasteiger partial charge in [0, 0.05) is 23.4 Å². The Balaban J connectivity index is 2.38. The van der Waals surface area contributed by atoms with Gasteiger partial charge in [-0.2, -0.15) is 0 Å². The summed E-state index contributed by atoms with van der Waals surface area (Å²) in [5.41, 5.74) is -0.0543. The second-order valence-electron chi connectivity index (χ2n) is 4.02. The maximum atomic E-state index is 11.1. The van der Waals surface area contributed by atoms with E-state index in [9.17, 15) is 9.90 Å². The molecule has 0 amide bonds. The Bertz CT molecular complexity index is 605. The Morgan fingerprint density at radius 2 is 2.22 bits per heavy atom. The van der Waals surface area contributed by atoms with Gasteiger partial charge in [0.15, 0.2) is 11.5 Å². The van der Waals surface area contributed by atoms with E-state index < -0.39 is 5.63 Å². The zero-order valence-corrected chi connectivity index (χ0v) is 10.6. The van der Waals surface area contributed by atoms with Crippen LogP contribution in [0, 0.1) is 0 Å². The molecule has 1 unspecified atom stereocenters. The average molecular weight is 269 g/mol. The van der Waals surface area contributed by atoms with Crippen LogP contribution in [0.2, 0.25) is 0 Å². The fourth-order valence-corrected chi connectivity index (χ4v) is 1.92.